The van der Waals surface area contributed by atoms with E-state index in [-0.39, 0.29) is 5.69 Å². The van der Waals surface area contributed by atoms with Crippen LogP contribution in [0.4, 0.5) is 0 Å². The zero-order chi connectivity index (χ0) is 9.42. The predicted octanol–water partition coefficient (Wildman–Crippen LogP) is 0.199. The molecule has 2 rings (SSSR count). The molecule has 13 heavy (non-hydrogen) atoms. The summed E-state index contributed by atoms with van der Waals surface area (Å²) < 4.78 is 1.59. The zero-order valence-electron chi connectivity index (χ0n) is 7.27. The molecule has 0 aliphatic rings. The van der Waals surface area contributed by atoms with Crippen LogP contribution in [0.1, 0.15) is 17.1 Å². The lowest BCUT2D eigenvalue weighted by molar-refractivity contribution is 0.559. The molecule has 0 bridgehead atoms. The van der Waals surface area contributed by atoms with Crippen molar-refractivity contribution < 1.29 is 4.79 Å². The first-order valence-corrected chi connectivity index (χ1v) is 3.80. The molecule has 1 radical (unpaired) electrons. The number of aryl methyl sites for hydroxylation is 2. The topological polar surface area (TPSA) is 60.2 Å². The van der Waals surface area contributed by atoms with Gasteiger partial charge in [0.15, 0.2) is 11.3 Å². The van der Waals surface area contributed by atoms with Crippen LogP contribution in [0.3, 0.4) is 0 Å². The smallest absolute Gasteiger partial charge is 0.257 e. The average molecular weight is 175 g/mol. The van der Waals surface area contributed by atoms with E-state index in [0.717, 1.165) is 5.69 Å². The molecule has 2 heterocycles. The molecule has 0 unspecified atom stereocenters. The summed E-state index contributed by atoms with van der Waals surface area (Å²) in [4.78, 5) is 10.4. The second-order valence-corrected chi connectivity index (χ2v) is 2.79. The highest BCUT2D eigenvalue weighted by atomic mass is 16.1. The van der Waals surface area contributed by atoms with Crippen LogP contribution in [0.2, 0.25) is 0 Å². The third kappa shape index (κ3) is 1.09. The normalized spacial score (nSPS) is 10.6. The molecule has 0 aliphatic carbocycles. The van der Waals surface area contributed by atoms with E-state index in [4.69, 9.17) is 0 Å². The van der Waals surface area contributed by atoms with Crippen molar-refractivity contribution in [2.45, 2.75) is 13.8 Å². The molecule has 0 aromatic carbocycles. The van der Waals surface area contributed by atoms with E-state index in [1.165, 1.54) is 0 Å². The van der Waals surface area contributed by atoms with Gasteiger partial charge in [-0.1, -0.05) is 0 Å². The summed E-state index contributed by atoms with van der Waals surface area (Å²) in [6.07, 6.45) is 1.71. The Morgan fingerprint density at radius 1 is 1.38 bits per heavy atom. The first-order valence-electron chi connectivity index (χ1n) is 3.80. The van der Waals surface area contributed by atoms with E-state index in [0.29, 0.717) is 11.3 Å². The molecule has 0 aliphatic heterocycles. The van der Waals surface area contributed by atoms with Crippen molar-refractivity contribution >= 4 is 11.9 Å². The molecule has 0 saturated heterocycles. The van der Waals surface area contributed by atoms with Crippen LogP contribution in [0.5, 0.6) is 0 Å². The summed E-state index contributed by atoms with van der Waals surface area (Å²) >= 11 is 0. The molecule has 0 saturated carbocycles. The van der Waals surface area contributed by atoms with Gasteiger partial charge in [-0.25, -0.2) is 4.52 Å². The van der Waals surface area contributed by atoms with Crippen molar-refractivity contribution in [3.8, 4) is 0 Å². The first-order chi connectivity index (χ1) is 6.22. The van der Waals surface area contributed by atoms with E-state index < -0.39 is 0 Å². The molecule has 0 fully saturated rings. The molecule has 0 amide bonds. The molecule has 2 aromatic heterocycles. The standard InChI is InChI=1S/C8H7N4O/c1-5-3-8-10-9-7(4-13)6(2)12(8)11-5/h3H,1-2H3. The van der Waals surface area contributed by atoms with Crippen molar-refractivity contribution in [1.82, 2.24) is 19.8 Å². The van der Waals surface area contributed by atoms with E-state index in [1.54, 1.807) is 23.8 Å². The fourth-order valence-corrected chi connectivity index (χ4v) is 1.17. The van der Waals surface area contributed by atoms with Crippen molar-refractivity contribution in [3.05, 3.63) is 23.1 Å². The second kappa shape index (κ2) is 2.62. The monoisotopic (exact) mass is 175 g/mol. The Kier molecular flexibility index (Phi) is 1.58. The number of hydrogen-bond acceptors (Lipinski definition) is 4. The zero-order valence-corrected chi connectivity index (χ0v) is 7.27. The minimum atomic E-state index is 0.204. The van der Waals surface area contributed by atoms with Gasteiger partial charge in [0, 0.05) is 6.07 Å². The Balaban J connectivity index is 2.85. The first kappa shape index (κ1) is 7.85. The van der Waals surface area contributed by atoms with Gasteiger partial charge in [0.1, 0.15) is 0 Å². The van der Waals surface area contributed by atoms with Gasteiger partial charge in [0.2, 0.25) is 0 Å². The van der Waals surface area contributed by atoms with Crippen LogP contribution in [0, 0.1) is 13.8 Å². The lowest BCUT2D eigenvalue weighted by Gasteiger charge is -1.97. The summed E-state index contributed by atoms with van der Waals surface area (Å²) in [5.74, 6) is 0. The maximum absolute atomic E-state index is 10.4. The Morgan fingerprint density at radius 2 is 2.15 bits per heavy atom. The van der Waals surface area contributed by atoms with E-state index >= 15 is 0 Å². The third-order valence-corrected chi connectivity index (χ3v) is 1.82. The lowest BCUT2D eigenvalue weighted by Crippen LogP contribution is -2.04. The number of rotatable bonds is 1. The maximum atomic E-state index is 10.4. The number of aromatic nitrogens is 4. The number of fused-ring (bicyclic) bond motifs is 1. The van der Waals surface area contributed by atoms with Crippen LogP contribution >= 0.6 is 0 Å². The SMILES string of the molecule is Cc1cc2nnc([C]=O)c(C)n2n1. The molecule has 0 atom stereocenters. The second-order valence-electron chi connectivity index (χ2n) is 2.79. The summed E-state index contributed by atoms with van der Waals surface area (Å²) in [6.45, 7) is 3.62. The fraction of sp³-hybridized carbons (Fsp3) is 0.250. The molecular weight excluding hydrogens is 168 g/mol. The van der Waals surface area contributed by atoms with Crippen molar-refractivity contribution in [2.24, 2.45) is 0 Å². The highest BCUT2D eigenvalue weighted by Crippen LogP contribution is 2.06. The summed E-state index contributed by atoms with van der Waals surface area (Å²) in [7, 11) is 0. The van der Waals surface area contributed by atoms with Gasteiger partial charge in [-0.2, -0.15) is 5.10 Å². The van der Waals surface area contributed by atoms with E-state index in [2.05, 4.69) is 15.3 Å². The highest BCUT2D eigenvalue weighted by molar-refractivity contribution is 5.73. The number of nitrogens with zero attached hydrogens (tertiary/aromatic N) is 4. The predicted molar refractivity (Wildman–Crippen MR) is 45.1 cm³/mol. The molecule has 5 nitrogen and oxygen atoms in total. The van der Waals surface area contributed by atoms with Crippen LogP contribution in [0.15, 0.2) is 6.07 Å². The summed E-state index contributed by atoms with van der Waals surface area (Å²) in [6, 6.07) is 1.80. The van der Waals surface area contributed by atoms with Gasteiger partial charge in [0.05, 0.1) is 11.4 Å². The minimum Gasteiger partial charge on any atom is -0.283 e. The maximum Gasteiger partial charge on any atom is 0.257 e. The van der Waals surface area contributed by atoms with Gasteiger partial charge in [-0.05, 0) is 13.8 Å². The van der Waals surface area contributed by atoms with Crippen LogP contribution in [0.25, 0.3) is 5.65 Å². The molecule has 0 spiro atoms. The van der Waals surface area contributed by atoms with Gasteiger partial charge >= 0.3 is 0 Å². The quantitative estimate of drug-likeness (QED) is 0.621. The third-order valence-electron chi connectivity index (χ3n) is 1.82. The molecule has 5 heteroatoms. The van der Waals surface area contributed by atoms with Gasteiger partial charge in [-0.15, -0.1) is 10.2 Å². The Bertz CT molecular complexity index is 474. The van der Waals surface area contributed by atoms with Crippen molar-refractivity contribution in [3.63, 3.8) is 0 Å². The van der Waals surface area contributed by atoms with Gasteiger partial charge in [0.25, 0.3) is 6.29 Å². The Hall–Kier alpha value is -1.78. The van der Waals surface area contributed by atoms with Gasteiger partial charge < -0.3 is 0 Å². The molecule has 0 N–H and O–H groups in total. The van der Waals surface area contributed by atoms with Crippen LogP contribution < -0.4 is 0 Å². The van der Waals surface area contributed by atoms with E-state index in [1.807, 2.05) is 6.92 Å². The van der Waals surface area contributed by atoms with Crippen LogP contribution in [-0.2, 0) is 4.79 Å². The van der Waals surface area contributed by atoms with Gasteiger partial charge in [-0.3, -0.25) is 4.79 Å². The number of carbonyl (C=O) groups excluding carboxylic acids is 1. The molecule has 2 aromatic rings. The highest BCUT2D eigenvalue weighted by Gasteiger charge is 2.07. The number of hydrogen-bond donors (Lipinski definition) is 0. The van der Waals surface area contributed by atoms with Crippen molar-refractivity contribution in [2.75, 3.05) is 0 Å². The minimum absolute atomic E-state index is 0.204. The lowest BCUT2D eigenvalue weighted by atomic mass is 10.3. The van der Waals surface area contributed by atoms with Crippen molar-refractivity contribution in [1.29, 1.82) is 0 Å². The van der Waals surface area contributed by atoms with E-state index in [9.17, 15) is 4.79 Å². The summed E-state index contributed by atoms with van der Waals surface area (Å²) in [5, 5.41) is 11.7. The van der Waals surface area contributed by atoms with Crippen LogP contribution in [-0.4, -0.2) is 26.1 Å². The summed E-state index contributed by atoms with van der Waals surface area (Å²) in [5.41, 5.74) is 2.36. The Morgan fingerprint density at radius 3 is 2.85 bits per heavy atom. The Labute approximate surface area is 74.4 Å². The fourth-order valence-electron chi connectivity index (χ4n) is 1.17. The largest absolute Gasteiger partial charge is 0.283 e. The average Bonchev–Trinajstić information content (AvgIpc) is 2.47. The molecular formula is C8H7N4O. The molecule has 65 valence electrons.